The highest BCUT2D eigenvalue weighted by atomic mass is 32.3. The predicted octanol–water partition coefficient (Wildman–Crippen LogP) is 1.15. The van der Waals surface area contributed by atoms with Crippen LogP contribution in [0.25, 0.3) is 0 Å². The molecular formula is C13H17FN2O3S. The van der Waals surface area contributed by atoms with Gasteiger partial charge in [-0.1, -0.05) is 12.1 Å². The third-order valence-electron chi connectivity index (χ3n) is 3.21. The number of hydrogen-bond acceptors (Lipinski definition) is 4. The van der Waals surface area contributed by atoms with Gasteiger partial charge in [-0.15, -0.1) is 3.89 Å². The van der Waals surface area contributed by atoms with Crippen molar-refractivity contribution in [2.45, 2.75) is 18.2 Å². The van der Waals surface area contributed by atoms with Crippen LogP contribution in [0.5, 0.6) is 0 Å². The molecule has 0 saturated carbocycles. The van der Waals surface area contributed by atoms with Crippen LogP contribution in [0.15, 0.2) is 24.3 Å². The number of nitrogens with zero attached hydrogens (tertiary/aromatic N) is 2. The van der Waals surface area contributed by atoms with Gasteiger partial charge in [0.1, 0.15) is 5.25 Å². The van der Waals surface area contributed by atoms with Gasteiger partial charge in [-0.05, 0) is 31.8 Å². The smallest absolute Gasteiger partial charge is 0.307 e. The number of hydrogen-bond donors (Lipinski definition) is 0. The zero-order chi connectivity index (χ0) is 14.9. The van der Waals surface area contributed by atoms with E-state index >= 15 is 0 Å². The maximum Gasteiger partial charge on any atom is 0.307 e. The van der Waals surface area contributed by atoms with E-state index in [1.807, 2.05) is 31.1 Å². The minimum Gasteiger partial charge on any atom is -0.311 e. The summed E-state index contributed by atoms with van der Waals surface area (Å²) in [6, 6.07) is 7.28. The van der Waals surface area contributed by atoms with E-state index in [1.165, 1.54) is 4.90 Å². The highest BCUT2D eigenvalue weighted by Gasteiger charge is 2.39. The Bertz CT molecular complexity index is 616. The van der Waals surface area contributed by atoms with Crippen molar-refractivity contribution in [3.05, 3.63) is 29.8 Å². The number of carbonyl (C=O) groups excluding carboxylic acids is 1. The van der Waals surface area contributed by atoms with Gasteiger partial charge in [0.15, 0.2) is 0 Å². The number of amides is 1. The van der Waals surface area contributed by atoms with Gasteiger partial charge in [0.25, 0.3) is 0 Å². The summed E-state index contributed by atoms with van der Waals surface area (Å²) >= 11 is 0. The zero-order valence-electron chi connectivity index (χ0n) is 11.4. The van der Waals surface area contributed by atoms with Crippen molar-refractivity contribution in [2.75, 3.05) is 25.5 Å². The molecule has 0 bridgehead atoms. The number of rotatable bonds is 4. The van der Waals surface area contributed by atoms with Gasteiger partial charge in [-0.2, -0.15) is 8.42 Å². The van der Waals surface area contributed by atoms with E-state index in [0.29, 0.717) is 12.2 Å². The highest BCUT2D eigenvalue weighted by molar-refractivity contribution is 7.87. The first-order valence-electron chi connectivity index (χ1n) is 6.25. The largest absolute Gasteiger partial charge is 0.311 e. The molecule has 1 fully saturated rings. The lowest BCUT2D eigenvalue weighted by atomic mass is 10.2. The van der Waals surface area contributed by atoms with Gasteiger partial charge in [0.2, 0.25) is 5.91 Å². The first-order chi connectivity index (χ1) is 9.27. The van der Waals surface area contributed by atoms with Crippen LogP contribution in [0.3, 0.4) is 0 Å². The standard InChI is InChI=1S/C13H17FN2O3S/c1-15(2)8-10-4-3-5-11(6-10)16-9-12(7-13(16)17)20(14,18)19/h3-6,12H,7-9H2,1-2H3. The van der Waals surface area contributed by atoms with Crippen LogP contribution >= 0.6 is 0 Å². The first-order valence-corrected chi connectivity index (χ1v) is 7.69. The molecule has 5 nitrogen and oxygen atoms in total. The van der Waals surface area contributed by atoms with Crippen molar-refractivity contribution < 1.29 is 17.1 Å². The van der Waals surface area contributed by atoms with Gasteiger partial charge in [0.05, 0.1) is 0 Å². The third kappa shape index (κ3) is 3.34. The SMILES string of the molecule is CN(C)Cc1cccc(N2CC(S(=O)(=O)F)CC2=O)c1. The average Bonchev–Trinajstić information content (AvgIpc) is 2.70. The molecule has 20 heavy (non-hydrogen) atoms. The molecule has 0 N–H and O–H groups in total. The summed E-state index contributed by atoms with van der Waals surface area (Å²) in [7, 11) is -0.816. The molecule has 1 aromatic rings. The monoisotopic (exact) mass is 300 g/mol. The average molecular weight is 300 g/mol. The lowest BCUT2D eigenvalue weighted by molar-refractivity contribution is -0.117. The normalized spacial score (nSPS) is 19.9. The van der Waals surface area contributed by atoms with Crippen molar-refractivity contribution >= 4 is 21.8 Å². The number of carbonyl (C=O) groups is 1. The van der Waals surface area contributed by atoms with Crippen LogP contribution in [0, 0.1) is 0 Å². The lowest BCUT2D eigenvalue weighted by Crippen LogP contribution is -2.27. The molecule has 110 valence electrons. The minimum absolute atomic E-state index is 0.122. The predicted molar refractivity (Wildman–Crippen MR) is 74.6 cm³/mol. The summed E-state index contributed by atoms with van der Waals surface area (Å²) in [5.74, 6) is -0.363. The Kier molecular flexibility index (Phi) is 4.10. The molecule has 0 aromatic heterocycles. The third-order valence-corrected chi connectivity index (χ3v) is 4.32. The Labute approximate surface area is 118 Å². The number of halogens is 1. The Morgan fingerprint density at radius 1 is 1.40 bits per heavy atom. The fourth-order valence-electron chi connectivity index (χ4n) is 2.30. The van der Waals surface area contributed by atoms with Gasteiger partial charge >= 0.3 is 10.2 Å². The van der Waals surface area contributed by atoms with E-state index in [9.17, 15) is 17.1 Å². The molecule has 1 atom stereocenters. The van der Waals surface area contributed by atoms with Gasteiger partial charge < -0.3 is 9.80 Å². The maximum absolute atomic E-state index is 13.0. The van der Waals surface area contributed by atoms with Crippen molar-refractivity contribution in [1.82, 2.24) is 4.90 Å². The Balaban J connectivity index is 2.22. The molecule has 0 spiro atoms. The fourth-order valence-corrected chi connectivity index (χ4v) is 2.97. The Morgan fingerprint density at radius 3 is 2.65 bits per heavy atom. The Hall–Kier alpha value is -1.47. The molecule has 0 radical (unpaired) electrons. The molecule has 7 heteroatoms. The second-order valence-electron chi connectivity index (χ2n) is 5.21. The van der Waals surface area contributed by atoms with Crippen molar-refractivity contribution in [3.63, 3.8) is 0 Å². The molecular weight excluding hydrogens is 283 g/mol. The van der Waals surface area contributed by atoms with E-state index in [-0.39, 0.29) is 18.9 Å². The van der Waals surface area contributed by atoms with Crippen LogP contribution in [-0.4, -0.2) is 45.1 Å². The minimum atomic E-state index is -4.68. The van der Waals surface area contributed by atoms with Crippen LogP contribution in [0.1, 0.15) is 12.0 Å². The van der Waals surface area contributed by atoms with E-state index in [0.717, 1.165) is 5.56 Å². The molecule has 1 aromatic carbocycles. The molecule has 2 rings (SSSR count). The molecule has 1 unspecified atom stereocenters. The molecule has 1 aliphatic rings. The zero-order valence-corrected chi connectivity index (χ0v) is 12.2. The second kappa shape index (κ2) is 5.49. The first kappa shape index (κ1) is 14.9. The molecule has 1 aliphatic heterocycles. The number of benzene rings is 1. The van der Waals surface area contributed by atoms with Crippen LogP contribution in [-0.2, 0) is 21.6 Å². The molecule has 0 aliphatic carbocycles. The van der Waals surface area contributed by atoms with Crippen LogP contribution in [0.4, 0.5) is 9.57 Å². The fraction of sp³-hybridized carbons (Fsp3) is 0.462. The summed E-state index contributed by atoms with van der Waals surface area (Å²) in [5, 5.41) is -1.26. The summed E-state index contributed by atoms with van der Waals surface area (Å²) in [4.78, 5) is 15.2. The number of anilines is 1. The topological polar surface area (TPSA) is 57.7 Å². The van der Waals surface area contributed by atoms with Crippen molar-refractivity contribution in [3.8, 4) is 0 Å². The molecule has 1 heterocycles. The molecule has 1 amide bonds. The van der Waals surface area contributed by atoms with Crippen molar-refractivity contribution in [2.24, 2.45) is 0 Å². The molecule has 1 saturated heterocycles. The van der Waals surface area contributed by atoms with E-state index < -0.39 is 15.5 Å². The Morgan fingerprint density at radius 2 is 2.10 bits per heavy atom. The van der Waals surface area contributed by atoms with E-state index in [1.54, 1.807) is 12.1 Å². The lowest BCUT2D eigenvalue weighted by Gasteiger charge is -2.18. The van der Waals surface area contributed by atoms with Gasteiger partial charge in [-0.25, -0.2) is 0 Å². The second-order valence-corrected chi connectivity index (χ2v) is 6.83. The summed E-state index contributed by atoms with van der Waals surface area (Å²) in [6.45, 7) is 0.587. The summed E-state index contributed by atoms with van der Waals surface area (Å²) < 4.78 is 34.8. The maximum atomic E-state index is 13.0. The van der Waals surface area contributed by atoms with Gasteiger partial charge in [0, 0.05) is 25.2 Å². The van der Waals surface area contributed by atoms with Crippen LogP contribution in [0.2, 0.25) is 0 Å². The van der Waals surface area contributed by atoms with Crippen molar-refractivity contribution in [1.29, 1.82) is 0 Å². The summed E-state index contributed by atoms with van der Waals surface area (Å²) in [5.41, 5.74) is 1.62. The van der Waals surface area contributed by atoms with E-state index in [2.05, 4.69) is 0 Å². The summed E-state index contributed by atoms with van der Waals surface area (Å²) in [6.07, 6.45) is -0.295. The van der Waals surface area contributed by atoms with E-state index in [4.69, 9.17) is 0 Å². The van der Waals surface area contributed by atoms with Crippen LogP contribution < -0.4 is 4.90 Å². The quantitative estimate of drug-likeness (QED) is 0.783. The van der Waals surface area contributed by atoms with Gasteiger partial charge in [-0.3, -0.25) is 4.79 Å². The highest BCUT2D eigenvalue weighted by Crippen LogP contribution is 2.26.